The Kier molecular flexibility index (Phi) is 5.38. The second kappa shape index (κ2) is 8.28. The second-order valence-electron chi connectivity index (χ2n) is 6.87. The third kappa shape index (κ3) is 3.71. The summed E-state index contributed by atoms with van der Waals surface area (Å²) in [6.07, 6.45) is 3.30. The molecule has 0 saturated heterocycles. The molecular weight excluding hydrogens is 384 g/mol. The number of para-hydroxylation sites is 2. The monoisotopic (exact) mass is 404 g/mol. The van der Waals surface area contributed by atoms with Gasteiger partial charge in [-0.15, -0.1) is 0 Å². The van der Waals surface area contributed by atoms with Crippen molar-refractivity contribution in [2.45, 2.75) is 25.3 Å². The van der Waals surface area contributed by atoms with E-state index in [1.54, 1.807) is 19.5 Å². The van der Waals surface area contributed by atoms with Crippen molar-refractivity contribution in [2.75, 3.05) is 7.11 Å². The van der Waals surface area contributed by atoms with Crippen molar-refractivity contribution in [1.82, 2.24) is 15.0 Å². The van der Waals surface area contributed by atoms with Crippen LogP contribution in [0.5, 0.6) is 5.75 Å². The van der Waals surface area contributed by atoms with Gasteiger partial charge >= 0.3 is 5.97 Å². The maximum atomic E-state index is 12.9. The van der Waals surface area contributed by atoms with Crippen LogP contribution in [0.1, 0.15) is 36.4 Å². The lowest BCUT2D eigenvalue weighted by atomic mass is 9.96. The molecule has 0 fully saturated rings. The van der Waals surface area contributed by atoms with Gasteiger partial charge in [-0.25, -0.2) is 5.01 Å². The Morgan fingerprint density at radius 3 is 2.70 bits per heavy atom. The van der Waals surface area contributed by atoms with Crippen LogP contribution >= 0.6 is 0 Å². The van der Waals surface area contributed by atoms with E-state index in [9.17, 15) is 9.59 Å². The molecule has 1 N–H and O–H groups in total. The lowest BCUT2D eigenvalue weighted by molar-refractivity contribution is -0.141. The predicted octanol–water partition coefficient (Wildman–Crippen LogP) is 3.18. The van der Waals surface area contributed by atoms with E-state index in [-0.39, 0.29) is 18.7 Å². The fourth-order valence-corrected chi connectivity index (χ4v) is 3.64. The second-order valence-corrected chi connectivity index (χ2v) is 6.87. The zero-order chi connectivity index (χ0) is 21.1. The van der Waals surface area contributed by atoms with Gasteiger partial charge in [0, 0.05) is 36.4 Å². The van der Waals surface area contributed by atoms with Gasteiger partial charge in [-0.3, -0.25) is 19.6 Å². The van der Waals surface area contributed by atoms with Crippen LogP contribution in [0.15, 0.2) is 60.0 Å². The number of hydrazone groups is 1. The number of carbonyl (C=O) groups excluding carboxylic acids is 1. The van der Waals surface area contributed by atoms with Crippen LogP contribution in [0.25, 0.3) is 11.0 Å². The van der Waals surface area contributed by atoms with E-state index < -0.39 is 12.0 Å². The van der Waals surface area contributed by atoms with Gasteiger partial charge < -0.3 is 9.84 Å². The summed E-state index contributed by atoms with van der Waals surface area (Å²) in [6.45, 7) is 0. The number of nitrogens with zero attached hydrogens (tertiary/aromatic N) is 4. The third-order valence-corrected chi connectivity index (χ3v) is 5.03. The Bertz CT molecular complexity index is 1140. The molecule has 2 aromatic carbocycles. The van der Waals surface area contributed by atoms with Crippen molar-refractivity contribution < 1.29 is 19.4 Å². The van der Waals surface area contributed by atoms with Gasteiger partial charge in [0.15, 0.2) is 0 Å². The highest BCUT2D eigenvalue weighted by molar-refractivity contribution is 6.05. The quantitative estimate of drug-likeness (QED) is 0.677. The van der Waals surface area contributed by atoms with Crippen LogP contribution in [-0.2, 0) is 9.59 Å². The van der Waals surface area contributed by atoms with E-state index in [2.05, 4.69) is 15.1 Å². The standard InChI is InChI=1S/C22H20N4O4/c1-30-19-8-3-2-5-14(19)17-13-18(26(25-17)20(27)9-10-21(28)29)15-6-4-7-16-22(15)24-12-11-23-16/h2-8,11-12,18H,9-10,13H2,1H3,(H,28,29)/t18-/m0/s1. The van der Waals surface area contributed by atoms with E-state index in [0.29, 0.717) is 23.4 Å². The van der Waals surface area contributed by atoms with Crippen molar-refractivity contribution in [3.05, 3.63) is 66.0 Å². The minimum Gasteiger partial charge on any atom is -0.496 e. The van der Waals surface area contributed by atoms with Gasteiger partial charge in [0.1, 0.15) is 5.75 Å². The Morgan fingerprint density at radius 2 is 1.90 bits per heavy atom. The largest absolute Gasteiger partial charge is 0.496 e. The number of amides is 1. The highest BCUT2D eigenvalue weighted by Gasteiger charge is 2.35. The summed E-state index contributed by atoms with van der Waals surface area (Å²) >= 11 is 0. The number of carbonyl (C=O) groups is 2. The van der Waals surface area contributed by atoms with Gasteiger partial charge in [-0.2, -0.15) is 5.10 Å². The predicted molar refractivity (Wildman–Crippen MR) is 110 cm³/mol. The third-order valence-electron chi connectivity index (χ3n) is 5.03. The van der Waals surface area contributed by atoms with Gasteiger partial charge in [-0.1, -0.05) is 24.3 Å². The molecule has 0 spiro atoms. The van der Waals surface area contributed by atoms with Gasteiger partial charge in [0.25, 0.3) is 0 Å². The number of hydrogen-bond donors (Lipinski definition) is 1. The fourth-order valence-electron chi connectivity index (χ4n) is 3.64. The first-order valence-electron chi connectivity index (χ1n) is 9.53. The van der Waals surface area contributed by atoms with Crippen LogP contribution in [-0.4, -0.2) is 44.8 Å². The van der Waals surface area contributed by atoms with Crippen LogP contribution in [0.4, 0.5) is 0 Å². The molecular formula is C22H20N4O4. The molecule has 1 aromatic heterocycles. The summed E-state index contributed by atoms with van der Waals surface area (Å²) in [5.41, 5.74) is 3.72. The molecule has 1 atom stereocenters. The van der Waals surface area contributed by atoms with Crippen molar-refractivity contribution >= 4 is 28.6 Å². The summed E-state index contributed by atoms with van der Waals surface area (Å²) < 4.78 is 5.46. The van der Waals surface area contributed by atoms with Crippen LogP contribution < -0.4 is 4.74 Å². The Balaban J connectivity index is 1.77. The number of benzene rings is 2. The molecule has 0 radical (unpaired) electrons. The first-order valence-corrected chi connectivity index (χ1v) is 9.53. The lowest BCUT2D eigenvalue weighted by Crippen LogP contribution is -2.27. The molecule has 8 nitrogen and oxygen atoms in total. The lowest BCUT2D eigenvalue weighted by Gasteiger charge is -2.22. The van der Waals surface area contributed by atoms with Crippen LogP contribution in [0.3, 0.4) is 0 Å². The van der Waals surface area contributed by atoms with Gasteiger partial charge in [0.05, 0.1) is 36.3 Å². The minimum atomic E-state index is -1.02. The molecule has 0 bridgehead atoms. The number of aromatic nitrogens is 2. The molecule has 2 heterocycles. The highest BCUT2D eigenvalue weighted by Crippen LogP contribution is 2.37. The number of carboxylic acids is 1. The Labute approximate surface area is 172 Å². The number of hydrogen-bond acceptors (Lipinski definition) is 6. The molecule has 3 aromatic rings. The average molecular weight is 404 g/mol. The number of ether oxygens (including phenoxy) is 1. The minimum absolute atomic E-state index is 0.134. The van der Waals surface area contributed by atoms with Crippen LogP contribution in [0, 0.1) is 0 Å². The summed E-state index contributed by atoms with van der Waals surface area (Å²) in [6, 6.07) is 12.7. The smallest absolute Gasteiger partial charge is 0.303 e. The number of methoxy groups -OCH3 is 1. The van der Waals surface area contributed by atoms with Gasteiger partial charge in [0.2, 0.25) is 5.91 Å². The fraction of sp³-hybridized carbons (Fsp3) is 0.227. The summed E-state index contributed by atoms with van der Waals surface area (Å²) in [5, 5.41) is 15.0. The van der Waals surface area contributed by atoms with Gasteiger partial charge in [-0.05, 0) is 18.2 Å². The maximum absolute atomic E-state index is 12.9. The van der Waals surface area contributed by atoms with Crippen molar-refractivity contribution in [1.29, 1.82) is 0 Å². The Hall–Kier alpha value is -3.81. The molecule has 30 heavy (non-hydrogen) atoms. The molecule has 152 valence electrons. The molecule has 1 amide bonds. The molecule has 1 aliphatic rings. The molecule has 0 unspecified atom stereocenters. The number of aliphatic carboxylic acids is 1. The molecule has 0 saturated carbocycles. The molecule has 1 aliphatic heterocycles. The van der Waals surface area contributed by atoms with Crippen molar-refractivity contribution in [3.8, 4) is 5.75 Å². The van der Waals surface area contributed by atoms with Crippen molar-refractivity contribution in [2.24, 2.45) is 5.10 Å². The van der Waals surface area contributed by atoms with Crippen LogP contribution in [0.2, 0.25) is 0 Å². The van der Waals surface area contributed by atoms with E-state index in [0.717, 1.165) is 16.6 Å². The van der Waals surface area contributed by atoms with E-state index >= 15 is 0 Å². The SMILES string of the molecule is COc1ccccc1C1=NN(C(=O)CCC(=O)O)[C@H](c2cccc3nccnc23)C1. The summed E-state index contributed by atoms with van der Waals surface area (Å²) in [5.74, 6) is -0.718. The summed E-state index contributed by atoms with van der Waals surface area (Å²) in [4.78, 5) is 32.7. The Morgan fingerprint density at radius 1 is 1.10 bits per heavy atom. The first-order chi connectivity index (χ1) is 14.6. The van der Waals surface area contributed by atoms with E-state index in [4.69, 9.17) is 9.84 Å². The zero-order valence-corrected chi connectivity index (χ0v) is 16.4. The summed E-state index contributed by atoms with van der Waals surface area (Å²) in [7, 11) is 1.59. The normalized spacial score (nSPS) is 15.8. The molecule has 0 aliphatic carbocycles. The van der Waals surface area contributed by atoms with Crippen molar-refractivity contribution in [3.63, 3.8) is 0 Å². The van der Waals surface area contributed by atoms with E-state index in [1.165, 1.54) is 5.01 Å². The number of carboxylic acid groups (broad SMARTS) is 1. The molecule has 4 rings (SSSR count). The first kappa shape index (κ1) is 19.5. The zero-order valence-electron chi connectivity index (χ0n) is 16.4. The highest BCUT2D eigenvalue weighted by atomic mass is 16.5. The number of fused-ring (bicyclic) bond motifs is 1. The number of rotatable bonds is 6. The molecule has 8 heteroatoms. The maximum Gasteiger partial charge on any atom is 0.303 e. The topological polar surface area (TPSA) is 105 Å². The average Bonchev–Trinajstić information content (AvgIpc) is 3.22. The van der Waals surface area contributed by atoms with E-state index in [1.807, 2.05) is 42.5 Å².